The van der Waals surface area contributed by atoms with Gasteiger partial charge in [-0.15, -0.1) is 0 Å². The fraction of sp³-hybridized carbons (Fsp3) is 0.233. The van der Waals surface area contributed by atoms with Crippen LogP contribution in [0, 0.1) is 5.82 Å². The minimum atomic E-state index is -1.08. The van der Waals surface area contributed by atoms with Crippen LogP contribution in [0.2, 0.25) is 0 Å². The third-order valence-corrected chi connectivity index (χ3v) is 21.9. The van der Waals surface area contributed by atoms with Crippen molar-refractivity contribution in [2.75, 3.05) is 135 Å². The Labute approximate surface area is 672 Å². The summed E-state index contributed by atoms with van der Waals surface area (Å²) in [4.78, 5) is 113. The summed E-state index contributed by atoms with van der Waals surface area (Å²) >= 11 is 0. The molecule has 2 fully saturated rings. The van der Waals surface area contributed by atoms with Gasteiger partial charge in [0.2, 0.25) is 17.7 Å². The van der Waals surface area contributed by atoms with E-state index in [0.29, 0.717) is 135 Å². The van der Waals surface area contributed by atoms with Gasteiger partial charge in [0.1, 0.15) is 5.82 Å². The molecule has 0 aliphatic carbocycles. The highest BCUT2D eigenvalue weighted by molar-refractivity contribution is 6.24. The number of hydrogen-bond acceptors (Lipinski definition) is 17. The smallest absolute Gasteiger partial charge is 0.335 e. The fourth-order valence-corrected chi connectivity index (χ4v) is 15.7. The molecule has 9 N–H and O–H groups in total. The lowest BCUT2D eigenvalue weighted by atomic mass is 10.00. The Kier molecular flexibility index (Phi) is 22.9. The van der Waals surface area contributed by atoms with Crippen LogP contribution in [-0.4, -0.2) is 243 Å². The monoisotopic (exact) mass is 1570 g/mol. The van der Waals surface area contributed by atoms with Crippen LogP contribution in [0.3, 0.4) is 0 Å². The number of likely N-dealkylation sites (N-methyl/N-ethyl adjacent to an activating group) is 3. The summed E-state index contributed by atoms with van der Waals surface area (Å²) in [5, 5.41) is 62.8. The summed E-state index contributed by atoms with van der Waals surface area (Å²) in [5.41, 5.74) is 14.7. The number of carbonyl (C=O) groups excluding carboxylic acids is 3. The summed E-state index contributed by atoms with van der Waals surface area (Å²) in [7, 11) is 7.95. The van der Waals surface area contributed by atoms with Gasteiger partial charge in [-0.3, -0.25) is 24.2 Å². The van der Waals surface area contributed by atoms with Crippen LogP contribution < -0.4 is 14.7 Å². The lowest BCUT2D eigenvalue weighted by molar-refractivity contribution is -0.120. The van der Waals surface area contributed by atoms with Crippen LogP contribution in [-0.2, 0) is 33.6 Å². The van der Waals surface area contributed by atoms with Crippen molar-refractivity contribution in [3.8, 4) is 17.6 Å². The number of carbonyl (C=O) groups is 6. The van der Waals surface area contributed by atoms with Crippen LogP contribution in [0.5, 0.6) is 17.6 Å². The molecular weight excluding hydrogens is 1490 g/mol. The van der Waals surface area contributed by atoms with E-state index in [1.54, 1.807) is 30.3 Å². The fourth-order valence-electron chi connectivity index (χ4n) is 15.7. The normalized spacial score (nSPS) is 15.5. The van der Waals surface area contributed by atoms with Crippen molar-refractivity contribution in [3.05, 3.63) is 267 Å². The predicted octanol–water partition coefficient (Wildman–Crippen LogP) is 12.1. The van der Waals surface area contributed by atoms with Gasteiger partial charge in [0.05, 0.1) is 87.2 Å². The highest BCUT2D eigenvalue weighted by Gasteiger charge is 2.32. The van der Waals surface area contributed by atoms with Crippen molar-refractivity contribution in [2.24, 2.45) is 15.0 Å². The molecule has 0 unspecified atom stereocenters. The number of fused-ring (bicyclic) bond motifs is 6. The number of piperazine rings is 2. The molecule has 26 nitrogen and oxygen atoms in total. The van der Waals surface area contributed by atoms with E-state index in [-0.39, 0.29) is 52.1 Å². The highest BCUT2D eigenvalue weighted by Crippen LogP contribution is 2.40. The van der Waals surface area contributed by atoms with Gasteiger partial charge in [-0.05, 0) is 179 Å². The van der Waals surface area contributed by atoms with Crippen molar-refractivity contribution in [1.82, 2.24) is 39.5 Å². The highest BCUT2D eigenvalue weighted by atomic mass is 19.1. The van der Waals surface area contributed by atoms with Crippen LogP contribution in [0.4, 0.5) is 38.5 Å². The van der Waals surface area contributed by atoms with Gasteiger partial charge < -0.3 is 75.0 Å². The third kappa shape index (κ3) is 17.2. The standard InChI is InChI=1S/C31H30FN5O4.C31H31N5O4.C28H26N4O4/c1-35-12-14-36(15-13-35)18-27(38)37-11-10-20-16-23(7-9-26(20)37)33-29(19-2-5-22(32)6-3-19)28-24-8-4-21(31(40)41)17-25(24)34-30(28)39;1-34-13-15-35(16-14-34)19-27(37)36-12-11-21-17-23(8-10-26(21)36)32-29(20-5-3-2-4-6-20)28-24-9-7-22(31(39)40)18-25(24)33-30(28)38;1-31(2)16-24(33)32-13-12-18-14-20(9-11-23(18)32)29-26(17-6-4-3-5-7-17)25-21-10-8-19(28(35)36)15-22(21)30-27(25)34/h2-9,16-17,34,39H,10-15,18H2,1H3,(H,40,41);2-10,17-18,33,38H,11-16,19H2,1H3,(H,39,40);3-11,14-15,30,34H,12-13,16H2,1-2H3,(H,35,36). The molecule has 5 aliphatic rings. The number of aromatic hydroxyl groups is 3. The second-order valence-electron chi connectivity index (χ2n) is 30.1. The van der Waals surface area contributed by atoms with E-state index in [4.69, 9.17) is 15.0 Å². The quantitative estimate of drug-likeness (QED) is 0.0360. The molecule has 0 radical (unpaired) electrons. The maximum Gasteiger partial charge on any atom is 0.335 e. The molecule has 27 heteroatoms. The van der Waals surface area contributed by atoms with Crippen LogP contribution >= 0.6 is 0 Å². The summed E-state index contributed by atoms with van der Waals surface area (Å²) < 4.78 is 13.8. The Hall–Kier alpha value is -13.4. The first kappa shape index (κ1) is 78.8. The predicted molar refractivity (Wildman–Crippen MR) is 450 cm³/mol. The molecule has 0 saturated carbocycles. The Morgan fingerprint density at radius 1 is 0.376 bits per heavy atom. The zero-order valence-electron chi connectivity index (χ0n) is 64.9. The second-order valence-corrected chi connectivity index (χ2v) is 30.1. The molecule has 3 aromatic heterocycles. The maximum atomic E-state index is 13.8. The minimum Gasteiger partial charge on any atom is -0.494 e. The largest absolute Gasteiger partial charge is 0.494 e. The number of aromatic amines is 3. The summed E-state index contributed by atoms with van der Waals surface area (Å²) in [6.07, 6.45) is 2.20. The molecule has 12 aromatic rings. The lowest BCUT2D eigenvalue weighted by Crippen LogP contribution is -2.48. The maximum absolute atomic E-state index is 13.8. The Balaban J connectivity index is 0.000000138. The van der Waals surface area contributed by atoms with Crippen molar-refractivity contribution < 1.29 is 63.8 Å². The Bertz CT molecular complexity index is 5940. The molecule has 17 rings (SSSR count). The number of amides is 3. The number of aromatic carboxylic acids is 3. The number of hydrogen-bond donors (Lipinski definition) is 9. The number of carboxylic acid groups (broad SMARTS) is 3. The first-order chi connectivity index (χ1) is 56.4. The number of halogens is 1. The molecular formula is C90H87FN14O12. The Morgan fingerprint density at radius 3 is 1.00 bits per heavy atom. The third-order valence-electron chi connectivity index (χ3n) is 21.9. The number of carboxylic acids is 3. The van der Waals surface area contributed by atoms with Gasteiger partial charge >= 0.3 is 17.9 Å². The summed E-state index contributed by atoms with van der Waals surface area (Å²) in [5.74, 6) is -3.64. The molecule has 0 bridgehead atoms. The van der Waals surface area contributed by atoms with Gasteiger partial charge in [-0.1, -0.05) is 78.9 Å². The number of nitrogens with one attached hydrogen (secondary N) is 3. The van der Waals surface area contributed by atoms with Crippen LogP contribution in [0.25, 0.3) is 32.7 Å². The van der Waals surface area contributed by atoms with E-state index in [2.05, 4.69) is 48.6 Å². The molecule has 8 heterocycles. The average molecular weight is 1580 g/mol. The van der Waals surface area contributed by atoms with Crippen LogP contribution in [0.1, 0.15) is 81.1 Å². The number of aliphatic imine (C=N–C) groups is 3. The number of H-pyrrole nitrogens is 3. The minimum absolute atomic E-state index is 0.0596. The van der Waals surface area contributed by atoms with Gasteiger partial charge in [-0.2, -0.15) is 0 Å². The van der Waals surface area contributed by atoms with E-state index in [1.165, 1.54) is 48.5 Å². The molecule has 9 aromatic carbocycles. The number of benzene rings is 9. The molecule has 2 saturated heterocycles. The number of nitrogens with zero attached hydrogens (tertiary/aromatic N) is 11. The number of rotatable bonds is 18. The molecule has 0 spiro atoms. The van der Waals surface area contributed by atoms with E-state index in [0.717, 1.165) is 110 Å². The van der Waals surface area contributed by atoms with E-state index in [9.17, 15) is 63.8 Å². The first-order valence-electron chi connectivity index (χ1n) is 38.6. The van der Waals surface area contributed by atoms with Crippen molar-refractivity contribution in [3.63, 3.8) is 0 Å². The van der Waals surface area contributed by atoms with Crippen molar-refractivity contribution in [1.29, 1.82) is 0 Å². The van der Waals surface area contributed by atoms with Gasteiger partial charge in [0, 0.05) is 138 Å². The zero-order valence-corrected chi connectivity index (χ0v) is 64.9. The van der Waals surface area contributed by atoms with Gasteiger partial charge in [0.25, 0.3) is 0 Å². The van der Waals surface area contributed by atoms with Gasteiger partial charge in [-0.25, -0.2) is 33.8 Å². The first-order valence-corrected chi connectivity index (χ1v) is 38.6. The SMILES string of the molecule is CN(C)CC(=O)N1CCc2cc(N=C(c3ccccc3)c3c(O)[nH]c4cc(C(=O)O)ccc34)ccc21.CN1CCN(CC(=O)N2CCc3cc(N=C(c4ccc(F)cc4)c4c(O)[nH]c5cc(C(=O)O)ccc45)ccc32)CC1.CN1CCN(CC(=O)N2CCc3cc(N=C(c4ccccc4)c4c(O)[nH]c5cc(C(=O)O)ccc45)ccc32)CC1. The van der Waals surface area contributed by atoms with E-state index < -0.39 is 23.7 Å². The van der Waals surface area contributed by atoms with Gasteiger partial charge in [0.15, 0.2) is 17.6 Å². The second kappa shape index (κ2) is 33.9. The molecule has 117 heavy (non-hydrogen) atoms. The van der Waals surface area contributed by atoms with E-state index >= 15 is 0 Å². The summed E-state index contributed by atoms with van der Waals surface area (Å²) in [6, 6.07) is 56.2. The average Bonchev–Trinajstić information content (AvgIpc) is 1.64. The van der Waals surface area contributed by atoms with Crippen molar-refractivity contribution in [2.45, 2.75) is 19.3 Å². The summed E-state index contributed by atoms with van der Waals surface area (Å²) in [6.45, 7) is 10.5. The molecule has 3 amide bonds. The molecule has 596 valence electrons. The van der Waals surface area contributed by atoms with E-state index in [1.807, 2.05) is 149 Å². The number of aromatic nitrogens is 3. The van der Waals surface area contributed by atoms with Crippen molar-refractivity contribution >= 4 is 120 Å². The Morgan fingerprint density at radius 2 is 0.684 bits per heavy atom. The molecule has 0 atom stereocenters. The molecule has 5 aliphatic heterocycles. The zero-order chi connectivity index (χ0) is 81.9. The lowest BCUT2D eigenvalue weighted by Gasteiger charge is -2.32. The van der Waals surface area contributed by atoms with Crippen LogP contribution in [0.15, 0.2) is 209 Å². The topological polar surface area (TPSA) is 334 Å². The number of anilines is 3.